The molecule has 1 amide bonds. The molecule has 4 rings (SSSR count). The number of amides is 1. The molecule has 0 saturated carbocycles. The number of hydrogen-bond donors (Lipinski definition) is 2. The molecule has 0 saturated heterocycles. The van der Waals surface area contributed by atoms with Crippen molar-refractivity contribution in [2.45, 2.75) is 32.7 Å². The lowest BCUT2D eigenvalue weighted by atomic mass is 10.1. The van der Waals surface area contributed by atoms with Gasteiger partial charge >= 0.3 is 5.69 Å². The fourth-order valence-electron chi connectivity index (χ4n) is 3.63. The molecule has 0 radical (unpaired) electrons. The first kappa shape index (κ1) is 22.1. The zero-order chi connectivity index (χ0) is 23.5. The number of H-pyrrole nitrogens is 1. The lowest BCUT2D eigenvalue weighted by Crippen LogP contribution is -2.36. The molecule has 4 aromatic heterocycles. The Labute approximate surface area is 189 Å². The molecule has 33 heavy (non-hydrogen) atoms. The number of nitrogens with zero attached hydrogens (tertiary/aromatic N) is 5. The third kappa shape index (κ3) is 4.74. The smallest absolute Gasteiger partial charge is 0.332 e. The van der Waals surface area contributed by atoms with Gasteiger partial charge in [-0.1, -0.05) is 0 Å². The van der Waals surface area contributed by atoms with Gasteiger partial charge < -0.3 is 10.3 Å². The van der Waals surface area contributed by atoms with Gasteiger partial charge in [0.1, 0.15) is 11.3 Å². The minimum Gasteiger partial charge on any atom is -0.349 e. The van der Waals surface area contributed by atoms with Crippen molar-refractivity contribution in [2.75, 3.05) is 0 Å². The van der Waals surface area contributed by atoms with E-state index in [2.05, 4.69) is 25.3 Å². The maximum atomic E-state index is 12.3. The van der Waals surface area contributed by atoms with E-state index in [0.717, 1.165) is 33.5 Å². The highest BCUT2D eigenvalue weighted by molar-refractivity contribution is 5.76. The summed E-state index contributed by atoms with van der Waals surface area (Å²) in [6.07, 6.45) is 5.28. The third-order valence-electron chi connectivity index (χ3n) is 5.47. The Morgan fingerprint density at radius 2 is 1.79 bits per heavy atom. The SMILES string of the molecule is Cc1ccnc(-c2cc(CCCC(=O)NCc3nc4c([nH]3)c(=O)n(C)c(=O)n4C)ccn2)c1. The first-order valence-corrected chi connectivity index (χ1v) is 10.6. The molecule has 2 N–H and O–H groups in total. The molecule has 4 heterocycles. The van der Waals surface area contributed by atoms with Crippen molar-refractivity contribution in [3.8, 4) is 11.4 Å². The predicted octanol–water partition coefficient (Wildman–Crippen LogP) is 1.36. The maximum absolute atomic E-state index is 12.3. The van der Waals surface area contributed by atoms with Gasteiger partial charge in [-0.15, -0.1) is 0 Å². The minimum atomic E-state index is -0.452. The van der Waals surface area contributed by atoms with Gasteiger partial charge in [-0.05, 0) is 55.2 Å². The molecule has 0 unspecified atom stereocenters. The van der Waals surface area contributed by atoms with Gasteiger partial charge in [0.15, 0.2) is 5.65 Å². The van der Waals surface area contributed by atoms with Gasteiger partial charge in [-0.3, -0.25) is 28.7 Å². The number of fused-ring (bicyclic) bond motifs is 1. The molecular weight excluding hydrogens is 422 g/mol. The van der Waals surface area contributed by atoms with Crippen molar-refractivity contribution < 1.29 is 4.79 Å². The Morgan fingerprint density at radius 3 is 2.55 bits per heavy atom. The van der Waals surface area contributed by atoms with Crippen molar-refractivity contribution in [1.82, 2.24) is 34.4 Å². The number of hydrogen-bond acceptors (Lipinski definition) is 6. The van der Waals surface area contributed by atoms with E-state index in [0.29, 0.717) is 18.7 Å². The first-order valence-electron chi connectivity index (χ1n) is 10.6. The van der Waals surface area contributed by atoms with Crippen LogP contribution in [0.5, 0.6) is 0 Å². The Hall–Kier alpha value is -4.08. The highest BCUT2D eigenvalue weighted by Crippen LogP contribution is 2.17. The van der Waals surface area contributed by atoms with Crippen LogP contribution in [-0.4, -0.2) is 35.0 Å². The van der Waals surface area contributed by atoms with Gasteiger partial charge in [-0.2, -0.15) is 0 Å². The van der Waals surface area contributed by atoms with Crippen LogP contribution < -0.4 is 16.6 Å². The minimum absolute atomic E-state index is 0.119. The summed E-state index contributed by atoms with van der Waals surface area (Å²) in [5, 5.41) is 2.81. The fourth-order valence-corrected chi connectivity index (χ4v) is 3.63. The van der Waals surface area contributed by atoms with Crippen LogP contribution in [0.3, 0.4) is 0 Å². The van der Waals surface area contributed by atoms with Gasteiger partial charge in [0, 0.05) is 32.9 Å². The van der Waals surface area contributed by atoms with E-state index in [1.165, 1.54) is 11.6 Å². The summed E-state index contributed by atoms with van der Waals surface area (Å²) in [6.45, 7) is 2.16. The summed E-state index contributed by atoms with van der Waals surface area (Å²) in [4.78, 5) is 52.5. The number of carbonyl (C=O) groups excluding carboxylic acids is 1. The van der Waals surface area contributed by atoms with Crippen molar-refractivity contribution in [3.05, 3.63) is 74.4 Å². The average Bonchev–Trinajstić information content (AvgIpc) is 3.25. The topological polar surface area (TPSA) is 128 Å². The lowest BCUT2D eigenvalue weighted by Gasteiger charge is -2.06. The standard InChI is InChI=1S/C23H25N7O3/c1-14-7-9-24-16(11-14)17-12-15(8-10-25-17)5-4-6-19(31)26-13-18-27-20-21(28-18)29(2)23(33)30(3)22(20)32/h7-12H,4-6,13H2,1-3H3,(H,26,31)(H,27,28). The van der Waals surface area contributed by atoms with E-state index in [4.69, 9.17) is 0 Å². The fraction of sp³-hybridized carbons (Fsp3) is 0.304. The molecule has 10 nitrogen and oxygen atoms in total. The second kappa shape index (κ2) is 9.19. The molecule has 0 aromatic carbocycles. The number of imidazole rings is 1. The van der Waals surface area contributed by atoms with E-state index in [1.54, 1.807) is 19.4 Å². The van der Waals surface area contributed by atoms with E-state index in [-0.39, 0.29) is 23.6 Å². The van der Waals surface area contributed by atoms with Crippen molar-refractivity contribution >= 4 is 17.1 Å². The molecule has 0 aliphatic heterocycles. The monoisotopic (exact) mass is 447 g/mol. The Bertz CT molecular complexity index is 1450. The Morgan fingerprint density at radius 1 is 1.06 bits per heavy atom. The van der Waals surface area contributed by atoms with Crippen LogP contribution in [0.4, 0.5) is 0 Å². The first-order chi connectivity index (χ1) is 15.8. The zero-order valence-corrected chi connectivity index (χ0v) is 18.8. The van der Waals surface area contributed by atoms with Crippen LogP contribution in [0.1, 0.15) is 29.8 Å². The second-order valence-corrected chi connectivity index (χ2v) is 7.99. The van der Waals surface area contributed by atoms with Crippen LogP contribution >= 0.6 is 0 Å². The van der Waals surface area contributed by atoms with Gasteiger partial charge in [0.25, 0.3) is 5.56 Å². The molecule has 0 spiro atoms. The molecule has 0 aliphatic carbocycles. The number of aromatic amines is 1. The molecule has 0 aliphatic rings. The second-order valence-electron chi connectivity index (χ2n) is 7.99. The van der Waals surface area contributed by atoms with E-state index in [9.17, 15) is 14.4 Å². The summed E-state index contributed by atoms with van der Waals surface area (Å²) >= 11 is 0. The summed E-state index contributed by atoms with van der Waals surface area (Å²) in [5.41, 5.74) is 3.45. The zero-order valence-electron chi connectivity index (χ0n) is 18.8. The van der Waals surface area contributed by atoms with Gasteiger partial charge in [0.2, 0.25) is 5.91 Å². The lowest BCUT2D eigenvalue weighted by molar-refractivity contribution is -0.121. The molecular formula is C23H25N7O3. The van der Waals surface area contributed by atoms with Gasteiger partial charge in [0.05, 0.1) is 17.9 Å². The predicted molar refractivity (Wildman–Crippen MR) is 124 cm³/mol. The third-order valence-corrected chi connectivity index (χ3v) is 5.47. The number of rotatable bonds is 7. The summed E-state index contributed by atoms with van der Waals surface area (Å²) < 4.78 is 2.32. The van der Waals surface area contributed by atoms with E-state index in [1.807, 2.05) is 31.2 Å². The molecule has 10 heteroatoms. The van der Waals surface area contributed by atoms with Crippen LogP contribution in [0.15, 0.2) is 46.2 Å². The van der Waals surface area contributed by atoms with Crippen molar-refractivity contribution in [1.29, 1.82) is 0 Å². The van der Waals surface area contributed by atoms with Crippen molar-refractivity contribution in [3.63, 3.8) is 0 Å². The molecule has 0 fully saturated rings. The summed E-state index contributed by atoms with van der Waals surface area (Å²) in [7, 11) is 2.96. The summed E-state index contributed by atoms with van der Waals surface area (Å²) in [6, 6.07) is 7.87. The molecule has 0 bridgehead atoms. The summed E-state index contributed by atoms with van der Waals surface area (Å²) in [5.74, 6) is 0.299. The highest BCUT2D eigenvalue weighted by Gasteiger charge is 2.14. The maximum Gasteiger partial charge on any atom is 0.332 e. The largest absolute Gasteiger partial charge is 0.349 e. The molecule has 170 valence electrons. The number of pyridine rings is 2. The normalized spacial score (nSPS) is 11.1. The number of carbonyl (C=O) groups is 1. The van der Waals surface area contributed by atoms with Crippen LogP contribution in [0, 0.1) is 6.92 Å². The van der Waals surface area contributed by atoms with Crippen LogP contribution in [-0.2, 0) is 31.9 Å². The highest BCUT2D eigenvalue weighted by atomic mass is 16.2. The van der Waals surface area contributed by atoms with Crippen molar-refractivity contribution in [2.24, 2.45) is 14.1 Å². The van der Waals surface area contributed by atoms with Crippen LogP contribution in [0.2, 0.25) is 0 Å². The number of aromatic nitrogens is 6. The Kier molecular flexibility index (Phi) is 6.16. The van der Waals surface area contributed by atoms with E-state index >= 15 is 0 Å². The van der Waals surface area contributed by atoms with Crippen LogP contribution in [0.25, 0.3) is 22.6 Å². The average molecular weight is 447 g/mol. The van der Waals surface area contributed by atoms with E-state index < -0.39 is 11.2 Å². The number of aryl methyl sites for hydroxylation is 3. The number of nitrogens with one attached hydrogen (secondary N) is 2. The quantitative estimate of drug-likeness (QED) is 0.440. The molecule has 4 aromatic rings. The molecule has 0 atom stereocenters. The van der Waals surface area contributed by atoms with Gasteiger partial charge in [-0.25, -0.2) is 9.78 Å². The Balaban J connectivity index is 1.33.